The number of hydrogen-bond donors (Lipinski definition) is 2. The highest BCUT2D eigenvalue weighted by Gasteiger charge is 2.22. The molecular formula is C24H20ClFN4O7. The van der Waals surface area contributed by atoms with Gasteiger partial charge in [0, 0.05) is 19.1 Å². The van der Waals surface area contributed by atoms with E-state index in [1.807, 2.05) is 0 Å². The molecule has 0 atom stereocenters. The van der Waals surface area contributed by atoms with E-state index in [2.05, 4.69) is 15.0 Å². The summed E-state index contributed by atoms with van der Waals surface area (Å²) in [6.07, 6.45) is 0. The molecule has 0 fully saturated rings. The van der Waals surface area contributed by atoms with E-state index in [9.17, 15) is 18.8 Å². The molecule has 0 aliphatic heterocycles. The average molecular weight is 531 g/mol. The summed E-state index contributed by atoms with van der Waals surface area (Å²) >= 11 is 6.47. The Kier molecular flexibility index (Phi) is 7.11. The van der Waals surface area contributed by atoms with Crippen LogP contribution in [0.1, 0.15) is 28.8 Å². The van der Waals surface area contributed by atoms with Gasteiger partial charge in [-0.05, 0) is 19.1 Å². The summed E-state index contributed by atoms with van der Waals surface area (Å²) in [5.74, 6) is -1.84. The SMILES string of the molecule is COc1cccc(F)c1COc1cc(-n2c(=O)[nH]c3c(C(C)=O)nc(C)nc32)c(Cl)cc1OCC(=O)O. The van der Waals surface area contributed by atoms with Crippen molar-refractivity contribution in [2.24, 2.45) is 0 Å². The Morgan fingerprint density at radius 1 is 1.16 bits per heavy atom. The summed E-state index contributed by atoms with van der Waals surface area (Å²) in [5.41, 5.74) is -0.248. The number of aryl methyl sites for hydroxylation is 1. The maximum atomic E-state index is 14.4. The van der Waals surface area contributed by atoms with Gasteiger partial charge in [0.1, 0.15) is 35.2 Å². The van der Waals surface area contributed by atoms with Crippen molar-refractivity contribution in [3.8, 4) is 22.9 Å². The first-order chi connectivity index (χ1) is 17.6. The molecule has 0 radical (unpaired) electrons. The maximum absolute atomic E-state index is 14.4. The number of ether oxygens (including phenoxy) is 3. The Bertz CT molecular complexity index is 1600. The first-order valence-corrected chi connectivity index (χ1v) is 11.1. The minimum absolute atomic E-state index is 0.0140. The number of methoxy groups -OCH3 is 1. The normalized spacial score (nSPS) is 10.9. The van der Waals surface area contributed by atoms with Gasteiger partial charge in [-0.1, -0.05) is 17.7 Å². The van der Waals surface area contributed by atoms with Crippen molar-refractivity contribution >= 4 is 34.5 Å². The van der Waals surface area contributed by atoms with Gasteiger partial charge >= 0.3 is 11.7 Å². The molecule has 2 aromatic carbocycles. The lowest BCUT2D eigenvalue weighted by atomic mass is 10.2. The van der Waals surface area contributed by atoms with Gasteiger partial charge in [-0.3, -0.25) is 4.79 Å². The number of benzene rings is 2. The number of nitrogens with one attached hydrogen (secondary N) is 1. The number of hydrogen-bond acceptors (Lipinski definition) is 8. The summed E-state index contributed by atoms with van der Waals surface area (Å²) in [6, 6.07) is 6.85. The number of Topliss-reactive ketones (excluding diaryl/α,β-unsaturated/α-hetero) is 1. The lowest BCUT2D eigenvalue weighted by molar-refractivity contribution is -0.139. The fourth-order valence-corrected chi connectivity index (χ4v) is 3.89. The molecular weight excluding hydrogens is 511 g/mol. The van der Waals surface area contributed by atoms with Gasteiger partial charge < -0.3 is 24.3 Å². The number of H-pyrrole nitrogens is 1. The number of carbonyl (C=O) groups excluding carboxylic acids is 1. The summed E-state index contributed by atoms with van der Waals surface area (Å²) in [5, 5.41) is 9.03. The first-order valence-electron chi connectivity index (χ1n) is 10.7. The van der Waals surface area contributed by atoms with Gasteiger partial charge in [-0.2, -0.15) is 0 Å². The molecule has 37 heavy (non-hydrogen) atoms. The molecule has 0 saturated carbocycles. The van der Waals surface area contributed by atoms with E-state index in [0.717, 1.165) is 4.57 Å². The van der Waals surface area contributed by atoms with Crippen LogP contribution in [-0.4, -0.2) is 50.1 Å². The van der Waals surface area contributed by atoms with Crippen LogP contribution >= 0.6 is 11.6 Å². The number of carbonyl (C=O) groups is 2. The van der Waals surface area contributed by atoms with Crippen molar-refractivity contribution in [1.29, 1.82) is 0 Å². The second-order valence-electron chi connectivity index (χ2n) is 7.78. The Morgan fingerprint density at radius 2 is 1.89 bits per heavy atom. The summed E-state index contributed by atoms with van der Waals surface area (Å²) in [7, 11) is 1.38. The minimum Gasteiger partial charge on any atom is -0.496 e. The molecule has 2 heterocycles. The lowest BCUT2D eigenvalue weighted by Crippen LogP contribution is -2.16. The van der Waals surface area contributed by atoms with Gasteiger partial charge in [-0.25, -0.2) is 28.5 Å². The van der Waals surface area contributed by atoms with Crippen molar-refractivity contribution < 1.29 is 33.3 Å². The lowest BCUT2D eigenvalue weighted by Gasteiger charge is -2.16. The van der Waals surface area contributed by atoms with Crippen LogP contribution in [0.25, 0.3) is 16.9 Å². The molecule has 4 aromatic rings. The fourth-order valence-electron chi connectivity index (χ4n) is 3.65. The van der Waals surface area contributed by atoms with Crippen LogP contribution in [0.4, 0.5) is 4.39 Å². The molecule has 0 amide bonds. The standard InChI is InChI=1S/C24H20ClFN4O7/c1-11(31)21-22-23(28-12(2)27-21)30(24(34)29-22)16-8-19(18(7-14(16)25)37-10-20(32)33)36-9-13-15(26)5-4-6-17(13)35-3/h4-8H,9-10H2,1-3H3,(H,29,34)(H,32,33). The van der Waals surface area contributed by atoms with Crippen molar-refractivity contribution in [3.63, 3.8) is 0 Å². The Labute approximate surface area is 213 Å². The van der Waals surface area contributed by atoms with Crippen LogP contribution in [0.15, 0.2) is 35.1 Å². The van der Waals surface area contributed by atoms with E-state index < -0.39 is 24.1 Å². The van der Waals surface area contributed by atoms with Gasteiger partial charge in [-0.15, -0.1) is 0 Å². The largest absolute Gasteiger partial charge is 0.496 e. The zero-order chi connectivity index (χ0) is 26.9. The number of aromatic amines is 1. The molecule has 2 N–H and O–H groups in total. The molecule has 192 valence electrons. The third-order valence-corrected chi connectivity index (χ3v) is 5.56. The number of ketones is 1. The van der Waals surface area contributed by atoms with Crippen molar-refractivity contribution in [1.82, 2.24) is 19.5 Å². The van der Waals surface area contributed by atoms with Crippen LogP contribution in [0.2, 0.25) is 5.02 Å². The average Bonchev–Trinajstić information content (AvgIpc) is 3.16. The predicted octanol–water partition coefficient (Wildman–Crippen LogP) is 3.46. The number of aromatic nitrogens is 4. The Morgan fingerprint density at radius 3 is 2.57 bits per heavy atom. The molecule has 0 unspecified atom stereocenters. The molecule has 0 bridgehead atoms. The third-order valence-electron chi connectivity index (χ3n) is 5.26. The van der Waals surface area contributed by atoms with Gasteiger partial charge in [0.05, 0.1) is 23.4 Å². The number of halogens is 2. The molecule has 2 aromatic heterocycles. The quantitative estimate of drug-likeness (QED) is 0.310. The number of carboxylic acids is 1. The molecule has 0 saturated heterocycles. The van der Waals surface area contributed by atoms with E-state index in [4.69, 9.17) is 30.9 Å². The molecule has 4 rings (SSSR count). The van der Waals surface area contributed by atoms with Crippen LogP contribution in [0.5, 0.6) is 17.2 Å². The highest BCUT2D eigenvalue weighted by molar-refractivity contribution is 6.32. The van der Waals surface area contributed by atoms with E-state index in [1.165, 1.54) is 38.3 Å². The smallest absolute Gasteiger partial charge is 0.341 e. The second kappa shape index (κ2) is 10.3. The minimum atomic E-state index is -1.25. The van der Waals surface area contributed by atoms with E-state index in [-0.39, 0.29) is 68.6 Å². The summed E-state index contributed by atoms with van der Waals surface area (Å²) < 4.78 is 31.9. The Hall–Kier alpha value is -4.45. The highest BCUT2D eigenvalue weighted by atomic mass is 35.5. The number of fused-ring (bicyclic) bond motifs is 1. The monoisotopic (exact) mass is 530 g/mol. The van der Waals surface area contributed by atoms with Crippen LogP contribution in [0, 0.1) is 12.7 Å². The maximum Gasteiger partial charge on any atom is 0.341 e. The van der Waals surface area contributed by atoms with Crippen LogP contribution < -0.4 is 19.9 Å². The van der Waals surface area contributed by atoms with Crippen LogP contribution in [0.3, 0.4) is 0 Å². The third kappa shape index (κ3) is 5.09. The van der Waals surface area contributed by atoms with E-state index in [1.54, 1.807) is 13.0 Å². The van der Waals surface area contributed by atoms with Gasteiger partial charge in [0.15, 0.2) is 29.5 Å². The van der Waals surface area contributed by atoms with Gasteiger partial charge in [0.2, 0.25) is 0 Å². The van der Waals surface area contributed by atoms with Crippen molar-refractivity contribution in [3.05, 3.63) is 68.7 Å². The number of imidazole rings is 1. The first kappa shape index (κ1) is 25.6. The zero-order valence-corrected chi connectivity index (χ0v) is 20.6. The molecule has 0 spiro atoms. The molecule has 11 nitrogen and oxygen atoms in total. The number of nitrogens with zero attached hydrogens (tertiary/aromatic N) is 3. The van der Waals surface area contributed by atoms with Crippen molar-refractivity contribution in [2.45, 2.75) is 20.5 Å². The van der Waals surface area contributed by atoms with Crippen LogP contribution in [-0.2, 0) is 11.4 Å². The van der Waals surface area contributed by atoms with Crippen molar-refractivity contribution in [2.75, 3.05) is 13.7 Å². The Balaban J connectivity index is 1.86. The van der Waals surface area contributed by atoms with E-state index in [0.29, 0.717) is 0 Å². The summed E-state index contributed by atoms with van der Waals surface area (Å²) in [6.45, 7) is 1.84. The zero-order valence-electron chi connectivity index (χ0n) is 19.8. The second-order valence-corrected chi connectivity index (χ2v) is 8.19. The van der Waals surface area contributed by atoms with Gasteiger partial charge in [0.25, 0.3) is 0 Å². The molecule has 13 heteroatoms. The predicted molar refractivity (Wildman–Crippen MR) is 130 cm³/mol. The fraction of sp³-hybridized carbons (Fsp3) is 0.208. The number of aliphatic carboxylic acids is 1. The molecule has 0 aliphatic carbocycles. The number of carboxylic acid groups (broad SMARTS) is 1. The summed E-state index contributed by atoms with van der Waals surface area (Å²) in [4.78, 5) is 47.1. The number of rotatable bonds is 9. The topological polar surface area (TPSA) is 146 Å². The molecule has 0 aliphatic rings. The highest BCUT2D eigenvalue weighted by Crippen LogP contribution is 2.37. The van der Waals surface area contributed by atoms with E-state index >= 15 is 0 Å².